The summed E-state index contributed by atoms with van der Waals surface area (Å²) in [5, 5.41) is 0.674. The van der Waals surface area contributed by atoms with E-state index >= 15 is 0 Å². The predicted molar refractivity (Wildman–Crippen MR) is 73.1 cm³/mol. The van der Waals surface area contributed by atoms with Gasteiger partial charge in [0, 0.05) is 10.9 Å². The van der Waals surface area contributed by atoms with Crippen molar-refractivity contribution in [1.82, 2.24) is 0 Å². The Balaban J connectivity index is 2.11. The van der Waals surface area contributed by atoms with E-state index in [0.29, 0.717) is 16.7 Å². The number of hydrogen-bond acceptors (Lipinski definition) is 2. The molecule has 18 heavy (non-hydrogen) atoms. The fourth-order valence-electron chi connectivity index (χ4n) is 2.64. The van der Waals surface area contributed by atoms with Gasteiger partial charge in [0.15, 0.2) is 11.9 Å². The molecule has 0 saturated heterocycles. The predicted octanol–water partition coefficient (Wildman–Crippen LogP) is 4.26. The molecule has 0 aromatic heterocycles. The van der Waals surface area contributed by atoms with Gasteiger partial charge in [-0.15, -0.1) is 0 Å². The highest BCUT2D eigenvalue weighted by atomic mass is 35.5. The fraction of sp³-hybridized carbons (Fsp3) is 0.533. The van der Waals surface area contributed by atoms with E-state index in [0.717, 1.165) is 19.1 Å². The summed E-state index contributed by atoms with van der Waals surface area (Å²) in [5.74, 6) is 1.03. The number of halogens is 1. The summed E-state index contributed by atoms with van der Waals surface area (Å²) in [4.78, 5) is 11.4. The normalized spacial score (nSPS) is 20.1. The summed E-state index contributed by atoms with van der Waals surface area (Å²) < 4.78 is 5.92. The van der Waals surface area contributed by atoms with E-state index in [-0.39, 0.29) is 0 Å². The third-order valence-corrected chi connectivity index (χ3v) is 4.05. The van der Waals surface area contributed by atoms with Crippen LogP contribution < -0.4 is 4.74 Å². The first-order valence-electron chi connectivity index (χ1n) is 6.55. The van der Waals surface area contributed by atoms with Crippen LogP contribution in [0.2, 0.25) is 5.02 Å². The quantitative estimate of drug-likeness (QED) is 0.762. The number of carbonyl (C=O) groups is 1. The van der Waals surface area contributed by atoms with Crippen molar-refractivity contribution in [2.24, 2.45) is 5.92 Å². The van der Waals surface area contributed by atoms with Gasteiger partial charge in [-0.2, -0.15) is 0 Å². The number of ether oxygens (including phenoxy) is 1. The van der Waals surface area contributed by atoms with Gasteiger partial charge < -0.3 is 4.74 Å². The number of rotatable bonds is 4. The molecular weight excluding hydrogens is 248 g/mol. The van der Waals surface area contributed by atoms with E-state index in [2.05, 4.69) is 0 Å². The van der Waals surface area contributed by atoms with Gasteiger partial charge in [0.2, 0.25) is 0 Å². The molecule has 1 fully saturated rings. The second kappa shape index (κ2) is 5.75. The summed E-state index contributed by atoms with van der Waals surface area (Å²) >= 11 is 5.84. The van der Waals surface area contributed by atoms with Crippen molar-refractivity contribution in [1.29, 1.82) is 0 Å². The van der Waals surface area contributed by atoms with Crippen molar-refractivity contribution in [3.8, 4) is 5.75 Å². The van der Waals surface area contributed by atoms with Gasteiger partial charge in [-0.05, 0) is 44.0 Å². The van der Waals surface area contributed by atoms with E-state index < -0.39 is 5.60 Å². The Morgan fingerprint density at radius 2 is 1.83 bits per heavy atom. The zero-order chi connectivity index (χ0) is 13.0. The number of aldehydes is 1. The zero-order valence-electron chi connectivity index (χ0n) is 10.7. The summed E-state index contributed by atoms with van der Waals surface area (Å²) in [6, 6.07) is 7.19. The molecule has 1 saturated carbocycles. The molecule has 0 aliphatic heterocycles. The molecule has 1 unspecified atom stereocenters. The van der Waals surface area contributed by atoms with E-state index in [1.54, 1.807) is 12.1 Å². The molecule has 3 heteroatoms. The van der Waals surface area contributed by atoms with Gasteiger partial charge in [0.1, 0.15) is 5.75 Å². The lowest BCUT2D eigenvalue weighted by Gasteiger charge is -2.35. The van der Waals surface area contributed by atoms with Crippen molar-refractivity contribution >= 4 is 17.9 Å². The SMILES string of the molecule is CC(C=O)(Oc1ccc(Cl)cc1)C1CCCCC1. The van der Waals surface area contributed by atoms with Crippen LogP contribution in [-0.4, -0.2) is 11.9 Å². The maximum absolute atomic E-state index is 11.4. The Morgan fingerprint density at radius 3 is 2.39 bits per heavy atom. The molecule has 1 atom stereocenters. The molecule has 2 rings (SSSR count). The number of hydrogen-bond donors (Lipinski definition) is 0. The molecule has 0 heterocycles. The minimum Gasteiger partial charge on any atom is -0.480 e. The number of carbonyl (C=O) groups excluding carboxylic acids is 1. The average Bonchev–Trinajstić information content (AvgIpc) is 2.42. The molecule has 2 nitrogen and oxygen atoms in total. The highest BCUT2D eigenvalue weighted by molar-refractivity contribution is 6.30. The second-order valence-corrected chi connectivity index (χ2v) is 5.63. The first kappa shape index (κ1) is 13.4. The van der Waals surface area contributed by atoms with Gasteiger partial charge in [-0.25, -0.2) is 0 Å². The molecule has 1 aliphatic carbocycles. The lowest BCUT2D eigenvalue weighted by molar-refractivity contribution is -0.125. The van der Waals surface area contributed by atoms with Gasteiger partial charge in [-0.3, -0.25) is 4.79 Å². The van der Waals surface area contributed by atoms with Gasteiger partial charge in [0.05, 0.1) is 0 Å². The topological polar surface area (TPSA) is 26.3 Å². The van der Waals surface area contributed by atoms with Crippen molar-refractivity contribution < 1.29 is 9.53 Å². The van der Waals surface area contributed by atoms with E-state index in [9.17, 15) is 4.79 Å². The van der Waals surface area contributed by atoms with Crippen LogP contribution in [0.15, 0.2) is 24.3 Å². The molecular formula is C15H19ClO2. The molecule has 1 aromatic carbocycles. The Kier molecular flexibility index (Phi) is 4.28. The van der Waals surface area contributed by atoms with Crippen molar-refractivity contribution in [2.75, 3.05) is 0 Å². The largest absolute Gasteiger partial charge is 0.480 e. The number of benzene rings is 1. The first-order chi connectivity index (χ1) is 8.64. The van der Waals surface area contributed by atoms with E-state index in [1.165, 1.54) is 19.3 Å². The molecule has 0 N–H and O–H groups in total. The van der Waals surface area contributed by atoms with Gasteiger partial charge in [0.25, 0.3) is 0 Å². The first-order valence-corrected chi connectivity index (χ1v) is 6.93. The molecule has 0 amide bonds. The Morgan fingerprint density at radius 1 is 1.22 bits per heavy atom. The van der Waals surface area contributed by atoms with Crippen molar-refractivity contribution in [3.63, 3.8) is 0 Å². The molecule has 98 valence electrons. The third-order valence-electron chi connectivity index (χ3n) is 3.80. The summed E-state index contributed by atoms with van der Waals surface area (Å²) in [5.41, 5.74) is -0.714. The highest BCUT2D eigenvalue weighted by Gasteiger charge is 2.36. The minimum absolute atomic E-state index is 0.319. The zero-order valence-corrected chi connectivity index (χ0v) is 11.5. The summed E-state index contributed by atoms with van der Waals surface area (Å²) in [7, 11) is 0. The van der Waals surface area contributed by atoms with E-state index in [1.807, 2.05) is 19.1 Å². The van der Waals surface area contributed by atoms with Crippen LogP contribution in [0.1, 0.15) is 39.0 Å². The van der Waals surface area contributed by atoms with Crippen molar-refractivity contribution in [3.05, 3.63) is 29.3 Å². The molecule has 0 spiro atoms. The molecule has 0 radical (unpaired) electrons. The van der Waals surface area contributed by atoms with E-state index in [4.69, 9.17) is 16.3 Å². The summed E-state index contributed by atoms with van der Waals surface area (Å²) in [6.45, 7) is 1.89. The molecule has 1 aromatic rings. The Bertz CT molecular complexity index is 395. The third kappa shape index (κ3) is 3.05. The Hall–Kier alpha value is -1.02. The lowest BCUT2D eigenvalue weighted by atomic mass is 9.78. The second-order valence-electron chi connectivity index (χ2n) is 5.19. The van der Waals surface area contributed by atoms with Gasteiger partial charge in [-0.1, -0.05) is 30.9 Å². The highest BCUT2D eigenvalue weighted by Crippen LogP contribution is 2.35. The lowest BCUT2D eigenvalue weighted by Crippen LogP contribution is -2.43. The smallest absolute Gasteiger partial charge is 0.164 e. The fourth-order valence-corrected chi connectivity index (χ4v) is 2.76. The van der Waals surface area contributed by atoms with Crippen molar-refractivity contribution in [2.45, 2.75) is 44.6 Å². The maximum Gasteiger partial charge on any atom is 0.164 e. The minimum atomic E-state index is -0.714. The van der Waals surface area contributed by atoms with Crippen LogP contribution in [0.3, 0.4) is 0 Å². The van der Waals surface area contributed by atoms with Crippen LogP contribution in [0.5, 0.6) is 5.75 Å². The van der Waals surface area contributed by atoms with Crippen LogP contribution in [0.4, 0.5) is 0 Å². The van der Waals surface area contributed by atoms with Gasteiger partial charge >= 0.3 is 0 Å². The molecule has 0 bridgehead atoms. The molecule has 1 aliphatic rings. The monoisotopic (exact) mass is 266 g/mol. The maximum atomic E-state index is 11.4. The van der Waals surface area contributed by atoms with Crippen LogP contribution in [0.25, 0.3) is 0 Å². The summed E-state index contributed by atoms with van der Waals surface area (Å²) in [6.07, 6.45) is 6.76. The van der Waals surface area contributed by atoms with Crippen LogP contribution in [-0.2, 0) is 4.79 Å². The van der Waals surface area contributed by atoms with Crippen LogP contribution >= 0.6 is 11.6 Å². The Labute approximate surface area is 113 Å². The van der Waals surface area contributed by atoms with Crippen LogP contribution in [0, 0.1) is 5.92 Å². The average molecular weight is 267 g/mol. The standard InChI is InChI=1S/C15H19ClO2/c1-15(11-17,12-5-3-2-4-6-12)18-14-9-7-13(16)8-10-14/h7-12H,2-6H2,1H3.